The predicted octanol–water partition coefficient (Wildman–Crippen LogP) is 2.85. The van der Waals surface area contributed by atoms with E-state index in [1.165, 1.54) is 16.4 Å². The number of carboxylic acid groups (broad SMARTS) is 1. The molecule has 0 unspecified atom stereocenters. The van der Waals surface area contributed by atoms with Crippen LogP contribution in [0.15, 0.2) is 23.1 Å². The molecule has 1 heterocycles. The molecule has 0 amide bonds. The summed E-state index contributed by atoms with van der Waals surface area (Å²) in [4.78, 5) is 11.1. The molecule has 1 N–H and O–H groups in total. The zero-order valence-electron chi connectivity index (χ0n) is 12.0. The zero-order chi connectivity index (χ0) is 15.8. The number of hydrogen-bond donors (Lipinski definition) is 1. The summed E-state index contributed by atoms with van der Waals surface area (Å²) in [7, 11) is -3.69. The van der Waals surface area contributed by atoms with Crippen LogP contribution in [-0.2, 0) is 10.0 Å². The van der Waals surface area contributed by atoms with Crippen LogP contribution < -0.4 is 0 Å². The fraction of sp³-hybridized carbons (Fsp3) is 0.500. The number of sulfonamides is 1. The van der Waals surface area contributed by atoms with Gasteiger partial charge in [-0.15, -0.1) is 0 Å². The van der Waals surface area contributed by atoms with Crippen LogP contribution in [0.2, 0.25) is 5.02 Å². The van der Waals surface area contributed by atoms with Crippen LogP contribution >= 0.6 is 11.6 Å². The summed E-state index contributed by atoms with van der Waals surface area (Å²) in [5, 5.41) is 9.08. The number of carbonyl (C=O) groups is 1. The van der Waals surface area contributed by atoms with Crippen LogP contribution in [-0.4, -0.2) is 36.9 Å². The summed E-state index contributed by atoms with van der Waals surface area (Å²) >= 11 is 5.78. The first kappa shape index (κ1) is 16.3. The van der Waals surface area contributed by atoms with Gasteiger partial charge >= 0.3 is 5.97 Å². The number of carboxylic acids is 1. The van der Waals surface area contributed by atoms with Gasteiger partial charge in [0.1, 0.15) is 0 Å². The minimum atomic E-state index is -3.69. The second-order valence-corrected chi connectivity index (χ2v) is 8.40. The van der Waals surface area contributed by atoms with Crippen LogP contribution in [0.1, 0.15) is 37.0 Å². The lowest BCUT2D eigenvalue weighted by Crippen LogP contribution is -2.43. The maximum atomic E-state index is 12.7. The number of aromatic carboxylic acids is 1. The zero-order valence-corrected chi connectivity index (χ0v) is 13.5. The quantitative estimate of drug-likeness (QED) is 0.924. The van der Waals surface area contributed by atoms with Crippen molar-refractivity contribution in [2.24, 2.45) is 5.41 Å². The Morgan fingerprint density at radius 3 is 2.62 bits per heavy atom. The highest BCUT2D eigenvalue weighted by Crippen LogP contribution is 2.32. The largest absolute Gasteiger partial charge is 0.478 e. The molecule has 1 aliphatic heterocycles. The second kappa shape index (κ2) is 5.59. The molecule has 0 aliphatic carbocycles. The van der Waals surface area contributed by atoms with Gasteiger partial charge in [-0.25, -0.2) is 13.2 Å². The van der Waals surface area contributed by atoms with E-state index in [0.717, 1.165) is 18.9 Å². The van der Waals surface area contributed by atoms with Gasteiger partial charge in [0.25, 0.3) is 0 Å². The van der Waals surface area contributed by atoms with E-state index in [1.807, 2.05) is 13.8 Å². The van der Waals surface area contributed by atoms with E-state index in [1.54, 1.807) is 0 Å². The standard InChI is InChI=1S/C14H18ClNO4S/c1-14(2)6-3-7-16(9-14)21(19,20)10-4-5-12(15)11(8-10)13(17)18/h4-5,8H,3,6-7,9H2,1-2H3,(H,17,18). The first-order chi connectivity index (χ1) is 9.63. The summed E-state index contributed by atoms with van der Waals surface area (Å²) in [6, 6.07) is 3.79. The molecule has 1 fully saturated rings. The van der Waals surface area contributed by atoms with Gasteiger partial charge in [-0.2, -0.15) is 4.31 Å². The molecular weight excluding hydrogens is 314 g/mol. The number of halogens is 1. The molecule has 2 rings (SSSR count). The molecule has 1 aliphatic rings. The molecule has 0 atom stereocenters. The van der Waals surface area contributed by atoms with Gasteiger partial charge in [0.05, 0.1) is 15.5 Å². The fourth-order valence-electron chi connectivity index (χ4n) is 2.55. The summed E-state index contributed by atoms with van der Waals surface area (Å²) < 4.78 is 26.7. The van der Waals surface area contributed by atoms with E-state index in [9.17, 15) is 13.2 Å². The fourth-order valence-corrected chi connectivity index (χ4v) is 4.44. The van der Waals surface area contributed by atoms with Crippen molar-refractivity contribution in [2.45, 2.75) is 31.6 Å². The molecule has 0 radical (unpaired) electrons. The van der Waals surface area contributed by atoms with Crippen LogP contribution in [0.5, 0.6) is 0 Å². The molecule has 1 aromatic rings. The molecule has 116 valence electrons. The molecule has 0 spiro atoms. The Hall–Kier alpha value is -1.11. The van der Waals surface area contributed by atoms with Crippen molar-refractivity contribution in [3.8, 4) is 0 Å². The maximum Gasteiger partial charge on any atom is 0.337 e. The van der Waals surface area contributed by atoms with Crippen molar-refractivity contribution in [1.29, 1.82) is 0 Å². The van der Waals surface area contributed by atoms with E-state index in [2.05, 4.69) is 0 Å². The van der Waals surface area contributed by atoms with Crippen molar-refractivity contribution in [1.82, 2.24) is 4.31 Å². The lowest BCUT2D eigenvalue weighted by molar-refractivity contribution is 0.0697. The number of hydrogen-bond acceptors (Lipinski definition) is 3. The topological polar surface area (TPSA) is 74.7 Å². The molecule has 1 aromatic carbocycles. The molecule has 21 heavy (non-hydrogen) atoms. The van der Waals surface area contributed by atoms with Gasteiger partial charge in [0.15, 0.2) is 0 Å². The number of benzene rings is 1. The lowest BCUT2D eigenvalue weighted by Gasteiger charge is -2.37. The highest BCUT2D eigenvalue weighted by molar-refractivity contribution is 7.89. The molecule has 1 saturated heterocycles. The Morgan fingerprint density at radius 1 is 1.38 bits per heavy atom. The summed E-state index contributed by atoms with van der Waals surface area (Å²) in [5.41, 5.74) is -0.276. The second-order valence-electron chi connectivity index (χ2n) is 6.05. The van der Waals surface area contributed by atoms with Crippen LogP contribution in [0, 0.1) is 5.41 Å². The summed E-state index contributed by atoms with van der Waals surface area (Å²) in [6.45, 7) is 4.94. The van der Waals surface area contributed by atoms with Gasteiger partial charge in [-0.05, 0) is 36.5 Å². The summed E-state index contributed by atoms with van der Waals surface area (Å²) in [5.74, 6) is -1.24. The van der Waals surface area contributed by atoms with Gasteiger partial charge in [0, 0.05) is 13.1 Å². The van der Waals surface area contributed by atoms with E-state index in [4.69, 9.17) is 16.7 Å². The van der Waals surface area contributed by atoms with Gasteiger partial charge in [0.2, 0.25) is 10.0 Å². The predicted molar refractivity (Wildman–Crippen MR) is 80.2 cm³/mol. The van der Waals surface area contributed by atoms with E-state index < -0.39 is 16.0 Å². The van der Waals surface area contributed by atoms with Crippen LogP contribution in [0.4, 0.5) is 0 Å². The molecular formula is C14H18ClNO4S. The van der Waals surface area contributed by atoms with Crippen molar-refractivity contribution < 1.29 is 18.3 Å². The monoisotopic (exact) mass is 331 g/mol. The van der Waals surface area contributed by atoms with Gasteiger partial charge in [-0.3, -0.25) is 0 Å². The molecule has 0 bridgehead atoms. The van der Waals surface area contributed by atoms with Crippen molar-refractivity contribution in [2.75, 3.05) is 13.1 Å². The van der Waals surface area contributed by atoms with E-state index >= 15 is 0 Å². The maximum absolute atomic E-state index is 12.7. The SMILES string of the molecule is CC1(C)CCCN(S(=O)(=O)c2ccc(Cl)c(C(=O)O)c2)C1. The lowest BCUT2D eigenvalue weighted by atomic mass is 9.85. The minimum absolute atomic E-state index is 0.0259. The van der Waals surface area contributed by atoms with Gasteiger partial charge in [-0.1, -0.05) is 25.4 Å². The third kappa shape index (κ3) is 3.39. The Kier molecular flexibility index (Phi) is 4.33. The first-order valence-corrected chi connectivity index (χ1v) is 8.48. The first-order valence-electron chi connectivity index (χ1n) is 6.66. The normalized spacial score (nSPS) is 19.4. The van der Waals surface area contributed by atoms with Crippen LogP contribution in [0.3, 0.4) is 0 Å². The smallest absolute Gasteiger partial charge is 0.337 e. The average molecular weight is 332 g/mol. The van der Waals surface area contributed by atoms with Crippen molar-refractivity contribution in [3.05, 3.63) is 28.8 Å². The van der Waals surface area contributed by atoms with Gasteiger partial charge < -0.3 is 5.11 Å². The Labute approximate surface area is 129 Å². The minimum Gasteiger partial charge on any atom is -0.478 e. The van der Waals surface area contributed by atoms with E-state index in [0.29, 0.717) is 13.1 Å². The molecule has 0 saturated carbocycles. The third-order valence-electron chi connectivity index (χ3n) is 3.67. The van der Waals surface area contributed by atoms with Crippen molar-refractivity contribution >= 4 is 27.6 Å². The molecule has 5 nitrogen and oxygen atoms in total. The van der Waals surface area contributed by atoms with E-state index in [-0.39, 0.29) is 20.9 Å². The third-order valence-corrected chi connectivity index (χ3v) is 5.84. The molecule has 7 heteroatoms. The highest BCUT2D eigenvalue weighted by atomic mass is 35.5. The number of rotatable bonds is 3. The summed E-state index contributed by atoms with van der Waals surface area (Å²) in [6.07, 6.45) is 1.77. The number of nitrogens with zero attached hydrogens (tertiary/aromatic N) is 1. The highest BCUT2D eigenvalue weighted by Gasteiger charge is 2.34. The average Bonchev–Trinajstić information content (AvgIpc) is 2.37. The number of piperidine rings is 1. The van der Waals surface area contributed by atoms with Crippen molar-refractivity contribution in [3.63, 3.8) is 0 Å². The molecule has 0 aromatic heterocycles. The van der Waals surface area contributed by atoms with Crippen LogP contribution in [0.25, 0.3) is 0 Å². The Morgan fingerprint density at radius 2 is 2.05 bits per heavy atom. The Balaban J connectivity index is 2.40. The Bertz CT molecular complexity index is 670.